The summed E-state index contributed by atoms with van der Waals surface area (Å²) < 4.78 is 25.0. The van der Waals surface area contributed by atoms with E-state index in [0.717, 1.165) is 17.3 Å². The lowest BCUT2D eigenvalue weighted by Crippen LogP contribution is -2.40. The van der Waals surface area contributed by atoms with Gasteiger partial charge in [-0.2, -0.15) is 5.10 Å². The van der Waals surface area contributed by atoms with Gasteiger partial charge in [0.2, 0.25) is 0 Å². The van der Waals surface area contributed by atoms with Gasteiger partial charge in [0, 0.05) is 0 Å². The Morgan fingerprint density at radius 1 is 0.870 bits per heavy atom. The molecule has 1 heterocycles. The van der Waals surface area contributed by atoms with E-state index < -0.39 is 21.3 Å². The van der Waals surface area contributed by atoms with Crippen molar-refractivity contribution in [3.63, 3.8) is 0 Å². The molecule has 2 aromatic carbocycles. The van der Waals surface area contributed by atoms with Crippen LogP contribution < -0.4 is 11.2 Å². The Bertz CT molecular complexity index is 1020. The van der Waals surface area contributed by atoms with Gasteiger partial charge in [-0.25, -0.2) is 18.3 Å². The van der Waals surface area contributed by atoms with Crippen LogP contribution in [0.15, 0.2) is 75.3 Å². The molecule has 1 N–H and O–H groups in total. The molecular formula is C15H11N3O4S. The van der Waals surface area contributed by atoms with Crippen molar-refractivity contribution in [3.8, 4) is 11.1 Å². The fourth-order valence-corrected chi connectivity index (χ4v) is 3.36. The second-order valence-corrected chi connectivity index (χ2v) is 6.46. The maximum absolute atomic E-state index is 12.4. The van der Waals surface area contributed by atoms with E-state index in [1.54, 1.807) is 12.1 Å². The lowest BCUT2D eigenvalue weighted by Gasteiger charge is -2.07. The van der Waals surface area contributed by atoms with Gasteiger partial charge in [-0.15, -0.1) is 3.97 Å². The Morgan fingerprint density at radius 3 is 2.09 bits per heavy atom. The highest BCUT2D eigenvalue weighted by atomic mass is 32.2. The molecule has 0 spiro atoms. The van der Waals surface area contributed by atoms with E-state index in [-0.39, 0.29) is 8.87 Å². The maximum atomic E-state index is 12.4. The molecule has 0 unspecified atom stereocenters. The number of rotatable bonds is 3. The van der Waals surface area contributed by atoms with Crippen LogP contribution in [-0.2, 0) is 10.0 Å². The van der Waals surface area contributed by atoms with E-state index in [9.17, 15) is 18.0 Å². The largest absolute Gasteiger partial charge is 0.359 e. The van der Waals surface area contributed by atoms with Gasteiger partial charge in [0.1, 0.15) is 6.20 Å². The van der Waals surface area contributed by atoms with Gasteiger partial charge in [0.25, 0.3) is 15.6 Å². The van der Waals surface area contributed by atoms with Crippen LogP contribution in [0, 0.1) is 0 Å². The van der Waals surface area contributed by atoms with Gasteiger partial charge < -0.3 is 0 Å². The number of nitrogens with zero attached hydrogens (tertiary/aromatic N) is 2. The van der Waals surface area contributed by atoms with E-state index in [0.29, 0.717) is 0 Å². The molecule has 0 aliphatic rings. The molecule has 116 valence electrons. The smallest absolute Gasteiger partial charge is 0.266 e. The predicted molar refractivity (Wildman–Crippen MR) is 83.6 cm³/mol. The van der Waals surface area contributed by atoms with Crippen molar-refractivity contribution in [1.82, 2.24) is 14.2 Å². The van der Waals surface area contributed by atoms with E-state index in [1.807, 2.05) is 35.4 Å². The first-order chi connectivity index (χ1) is 11.0. The third-order valence-corrected chi connectivity index (χ3v) is 4.91. The van der Waals surface area contributed by atoms with Crippen molar-refractivity contribution < 1.29 is 8.42 Å². The second-order valence-electron chi connectivity index (χ2n) is 4.67. The summed E-state index contributed by atoms with van der Waals surface area (Å²) in [5, 5.41) is 5.20. The first kappa shape index (κ1) is 14.9. The Hall–Kier alpha value is -3.00. The molecule has 3 rings (SSSR count). The number of nitrogens with one attached hydrogen (secondary N) is 1. The minimum atomic E-state index is -4.28. The molecule has 3 aromatic rings. The number of aromatic amines is 1. The van der Waals surface area contributed by atoms with Gasteiger partial charge in [0.15, 0.2) is 0 Å². The molecule has 0 aliphatic carbocycles. The van der Waals surface area contributed by atoms with Crippen LogP contribution >= 0.6 is 0 Å². The summed E-state index contributed by atoms with van der Waals surface area (Å²) in [7, 11) is -4.28. The third-order valence-electron chi connectivity index (χ3n) is 3.22. The van der Waals surface area contributed by atoms with E-state index >= 15 is 0 Å². The topological polar surface area (TPSA) is 102 Å². The molecule has 0 atom stereocenters. The molecule has 0 aliphatic heterocycles. The minimum absolute atomic E-state index is 0.150. The highest BCUT2D eigenvalue weighted by Gasteiger charge is 2.21. The highest BCUT2D eigenvalue weighted by molar-refractivity contribution is 7.89. The molecule has 0 amide bonds. The average molecular weight is 329 g/mol. The number of H-pyrrole nitrogens is 1. The quantitative estimate of drug-likeness (QED) is 0.767. The summed E-state index contributed by atoms with van der Waals surface area (Å²) in [4.78, 5) is 23.1. The second kappa shape index (κ2) is 5.65. The van der Waals surface area contributed by atoms with Gasteiger partial charge in [-0.1, -0.05) is 42.5 Å². The fraction of sp³-hybridized carbons (Fsp3) is 0. The summed E-state index contributed by atoms with van der Waals surface area (Å²) in [5.41, 5.74) is -0.374. The van der Waals surface area contributed by atoms with E-state index in [2.05, 4.69) is 5.10 Å². The van der Waals surface area contributed by atoms with Gasteiger partial charge >= 0.3 is 5.69 Å². The Balaban J connectivity index is 2.09. The van der Waals surface area contributed by atoms with Crippen LogP contribution in [0.4, 0.5) is 0 Å². The molecule has 23 heavy (non-hydrogen) atoms. The van der Waals surface area contributed by atoms with Gasteiger partial charge in [-0.05, 0) is 23.3 Å². The molecule has 0 saturated heterocycles. The zero-order valence-corrected chi connectivity index (χ0v) is 12.5. The summed E-state index contributed by atoms with van der Waals surface area (Å²) in [6.07, 6.45) is 0.733. The maximum Gasteiger partial charge on any atom is 0.359 e. The summed E-state index contributed by atoms with van der Waals surface area (Å²) in [6, 6.07) is 15.3. The lowest BCUT2D eigenvalue weighted by molar-refractivity contribution is 0.580. The van der Waals surface area contributed by atoms with Crippen molar-refractivity contribution in [2.75, 3.05) is 0 Å². The summed E-state index contributed by atoms with van der Waals surface area (Å²) in [6.45, 7) is 0. The van der Waals surface area contributed by atoms with Crippen LogP contribution in [0.3, 0.4) is 0 Å². The molecule has 0 bridgehead atoms. The van der Waals surface area contributed by atoms with Gasteiger partial charge in [-0.3, -0.25) is 4.79 Å². The first-order valence-corrected chi connectivity index (χ1v) is 8.02. The molecule has 1 aromatic heterocycles. The third kappa shape index (κ3) is 2.71. The predicted octanol–water partition coefficient (Wildman–Crippen LogP) is 0.836. The molecule has 0 radical (unpaired) electrons. The molecular weight excluding hydrogens is 318 g/mol. The number of hydrogen-bond donors (Lipinski definition) is 1. The summed E-state index contributed by atoms with van der Waals surface area (Å²) >= 11 is 0. The number of aromatic nitrogens is 3. The molecule has 8 heteroatoms. The van der Waals surface area contributed by atoms with Crippen molar-refractivity contribution >= 4 is 10.0 Å². The van der Waals surface area contributed by atoms with Crippen molar-refractivity contribution in [1.29, 1.82) is 0 Å². The molecule has 0 fully saturated rings. The van der Waals surface area contributed by atoms with Crippen LogP contribution in [0.2, 0.25) is 0 Å². The van der Waals surface area contributed by atoms with E-state index in [1.165, 1.54) is 12.1 Å². The van der Waals surface area contributed by atoms with Crippen molar-refractivity contribution in [2.24, 2.45) is 0 Å². The molecule has 0 saturated carbocycles. The highest BCUT2D eigenvalue weighted by Crippen LogP contribution is 2.21. The van der Waals surface area contributed by atoms with Gasteiger partial charge in [0.05, 0.1) is 4.90 Å². The Labute approximate surface area is 130 Å². The number of benzene rings is 2. The normalized spacial score (nSPS) is 11.3. The lowest BCUT2D eigenvalue weighted by atomic mass is 10.1. The zero-order chi connectivity index (χ0) is 16.4. The standard InChI is InChI=1S/C15H11N3O4S/c19-14-10-16-17-15(20)18(14)23(21,22)13-8-6-12(7-9-13)11-4-2-1-3-5-11/h1-10H,(H,17,20). The van der Waals surface area contributed by atoms with Crippen LogP contribution in [0.1, 0.15) is 0 Å². The Kier molecular flexibility index (Phi) is 3.67. The average Bonchev–Trinajstić information content (AvgIpc) is 2.55. The van der Waals surface area contributed by atoms with Crippen molar-refractivity contribution in [2.45, 2.75) is 4.90 Å². The van der Waals surface area contributed by atoms with E-state index in [4.69, 9.17) is 0 Å². The first-order valence-electron chi connectivity index (χ1n) is 6.58. The zero-order valence-electron chi connectivity index (χ0n) is 11.7. The summed E-state index contributed by atoms with van der Waals surface area (Å²) in [5.74, 6) is 0. The Morgan fingerprint density at radius 2 is 1.48 bits per heavy atom. The number of hydrogen-bond acceptors (Lipinski definition) is 5. The van der Waals surface area contributed by atoms with Crippen LogP contribution in [0.25, 0.3) is 11.1 Å². The minimum Gasteiger partial charge on any atom is -0.266 e. The molecule has 7 nitrogen and oxygen atoms in total. The fourth-order valence-electron chi connectivity index (χ4n) is 2.12. The van der Waals surface area contributed by atoms with Crippen molar-refractivity contribution in [3.05, 3.63) is 81.6 Å². The SMILES string of the molecule is O=c1cn[nH]c(=O)n1S(=O)(=O)c1ccc(-c2ccccc2)cc1. The van der Waals surface area contributed by atoms with Crippen LogP contribution in [0.5, 0.6) is 0 Å². The van der Waals surface area contributed by atoms with Crippen LogP contribution in [-0.4, -0.2) is 22.6 Å². The monoisotopic (exact) mass is 329 g/mol.